The molecule has 17 heteroatoms. The van der Waals surface area contributed by atoms with E-state index in [1.807, 2.05) is 0 Å². The average molecular weight is 692 g/mol. The van der Waals surface area contributed by atoms with E-state index in [1.54, 1.807) is 24.3 Å². The second kappa shape index (κ2) is 16.5. The molecule has 0 bridgehead atoms. The number of carbonyl (C=O) groups excluding carboxylic acids is 2. The predicted molar refractivity (Wildman–Crippen MR) is 175 cm³/mol. The summed E-state index contributed by atoms with van der Waals surface area (Å²) in [5, 5.41) is 11.2. The van der Waals surface area contributed by atoms with Gasteiger partial charge in [0.05, 0.1) is 12.8 Å². The zero-order valence-corrected chi connectivity index (χ0v) is 27.6. The van der Waals surface area contributed by atoms with Gasteiger partial charge >= 0.3 is 6.18 Å². The minimum absolute atomic E-state index is 0.0486. The number of hydrogen-bond acceptors (Lipinski definition) is 10. The molecule has 0 atom stereocenters. The molecule has 1 saturated carbocycles. The van der Waals surface area contributed by atoms with Gasteiger partial charge in [0.25, 0.3) is 5.91 Å². The highest BCUT2D eigenvalue weighted by Crippen LogP contribution is 2.34. The third-order valence-electron chi connectivity index (χ3n) is 7.88. The van der Waals surface area contributed by atoms with E-state index in [1.165, 1.54) is 32.3 Å². The summed E-state index contributed by atoms with van der Waals surface area (Å²) < 4.78 is 66.2. The van der Waals surface area contributed by atoms with E-state index in [0.29, 0.717) is 42.9 Å². The molecule has 260 valence electrons. The number of unbranched alkanes of at least 4 members (excludes halogenated alkanes) is 2. The first kappa shape index (κ1) is 36.3. The number of benzene rings is 1. The molecule has 2 aromatic heterocycles. The second-order valence-corrected chi connectivity index (χ2v) is 13.6. The Morgan fingerprint density at radius 3 is 2.29 bits per heavy atom. The summed E-state index contributed by atoms with van der Waals surface area (Å²) in [5.74, 6) is -0.384. The molecule has 4 rings (SSSR count). The number of nitrogens with zero attached hydrogens (tertiary/aromatic N) is 5. The zero-order valence-electron chi connectivity index (χ0n) is 26.8. The van der Waals surface area contributed by atoms with Crippen LogP contribution in [0, 0.1) is 5.92 Å². The maximum absolute atomic E-state index is 13.8. The molecule has 4 N–H and O–H groups in total. The van der Waals surface area contributed by atoms with E-state index in [2.05, 4.69) is 41.2 Å². The van der Waals surface area contributed by atoms with Gasteiger partial charge in [0, 0.05) is 56.4 Å². The predicted octanol–water partition coefficient (Wildman–Crippen LogP) is 4.63. The van der Waals surface area contributed by atoms with Crippen molar-refractivity contribution >= 4 is 45.1 Å². The van der Waals surface area contributed by atoms with Gasteiger partial charge in [-0.05, 0) is 62.3 Å². The van der Waals surface area contributed by atoms with E-state index in [-0.39, 0.29) is 35.8 Å². The second-order valence-electron chi connectivity index (χ2n) is 11.6. The molecular weight excluding hydrogens is 651 g/mol. The molecule has 1 aliphatic rings. The third-order valence-corrected chi connectivity index (χ3v) is 9.05. The number of carbonyl (C=O) groups is 2. The first-order chi connectivity index (χ1) is 22.8. The Kier molecular flexibility index (Phi) is 12.5. The topological polar surface area (TPSA) is 171 Å². The van der Waals surface area contributed by atoms with E-state index >= 15 is 0 Å². The Hall–Kier alpha value is -4.54. The van der Waals surface area contributed by atoms with Crippen molar-refractivity contribution in [2.75, 3.05) is 41.3 Å². The van der Waals surface area contributed by atoms with Crippen molar-refractivity contribution in [1.82, 2.24) is 30.6 Å². The van der Waals surface area contributed by atoms with Crippen LogP contribution in [0.5, 0.6) is 0 Å². The van der Waals surface area contributed by atoms with Crippen molar-refractivity contribution in [3.8, 4) is 0 Å². The number of anilines is 4. The number of rotatable bonds is 16. The van der Waals surface area contributed by atoms with Crippen LogP contribution < -0.4 is 25.6 Å². The van der Waals surface area contributed by atoms with Crippen LogP contribution in [-0.4, -0.2) is 66.6 Å². The Balaban J connectivity index is 1.28. The number of aromatic nitrogens is 4. The molecule has 1 fully saturated rings. The van der Waals surface area contributed by atoms with E-state index < -0.39 is 27.6 Å². The highest BCUT2D eigenvalue weighted by atomic mass is 32.2. The van der Waals surface area contributed by atoms with Crippen molar-refractivity contribution in [2.45, 2.75) is 64.1 Å². The molecular formula is C31H40F3N9O4S. The summed E-state index contributed by atoms with van der Waals surface area (Å²) in [6.07, 6.45) is 7.15. The van der Waals surface area contributed by atoms with E-state index in [9.17, 15) is 31.2 Å². The average Bonchev–Trinajstić information content (AvgIpc) is 3.55. The maximum atomic E-state index is 13.8. The zero-order chi connectivity index (χ0) is 34.7. The summed E-state index contributed by atoms with van der Waals surface area (Å²) in [6, 6.07) is 6.28. The fraction of sp³-hybridized carbons (Fsp3) is 0.484. The van der Waals surface area contributed by atoms with Crippen LogP contribution in [-0.2, 0) is 27.5 Å². The molecule has 13 nitrogen and oxygen atoms in total. The van der Waals surface area contributed by atoms with Gasteiger partial charge in [-0.15, -0.1) is 0 Å². The fourth-order valence-corrected chi connectivity index (χ4v) is 5.66. The van der Waals surface area contributed by atoms with E-state index in [4.69, 9.17) is 0 Å². The van der Waals surface area contributed by atoms with Crippen molar-refractivity contribution in [1.29, 1.82) is 0 Å². The van der Waals surface area contributed by atoms with Crippen LogP contribution in [0.4, 0.5) is 36.4 Å². The van der Waals surface area contributed by atoms with E-state index in [0.717, 1.165) is 42.7 Å². The number of nitrogens with one attached hydrogen (secondary N) is 4. The summed E-state index contributed by atoms with van der Waals surface area (Å²) in [6.45, 7) is 0.785. The van der Waals surface area contributed by atoms with Gasteiger partial charge in [0.1, 0.15) is 17.1 Å². The van der Waals surface area contributed by atoms with Crippen molar-refractivity contribution in [3.63, 3.8) is 0 Å². The molecule has 0 aliphatic heterocycles. The molecule has 1 aromatic carbocycles. The number of amides is 2. The highest BCUT2D eigenvalue weighted by Gasteiger charge is 2.35. The van der Waals surface area contributed by atoms with Crippen LogP contribution >= 0.6 is 0 Å². The monoisotopic (exact) mass is 691 g/mol. The molecule has 1 aliphatic carbocycles. The molecule has 0 spiro atoms. The lowest BCUT2D eigenvalue weighted by Crippen LogP contribution is -2.27. The lowest BCUT2D eigenvalue weighted by molar-refractivity contribution is -0.137. The lowest BCUT2D eigenvalue weighted by atomic mass is 10.0. The van der Waals surface area contributed by atoms with Gasteiger partial charge in [-0.2, -0.15) is 18.2 Å². The Bertz CT molecular complexity index is 1650. The van der Waals surface area contributed by atoms with Gasteiger partial charge < -0.3 is 21.3 Å². The molecule has 0 unspecified atom stereocenters. The van der Waals surface area contributed by atoms with Crippen molar-refractivity contribution in [2.24, 2.45) is 5.92 Å². The van der Waals surface area contributed by atoms with Gasteiger partial charge in [0.2, 0.25) is 21.9 Å². The van der Waals surface area contributed by atoms with Crippen LogP contribution in [0.15, 0.2) is 42.9 Å². The first-order valence-corrected chi connectivity index (χ1v) is 17.5. The molecule has 0 saturated heterocycles. The van der Waals surface area contributed by atoms with Gasteiger partial charge in [-0.25, -0.2) is 18.4 Å². The highest BCUT2D eigenvalue weighted by molar-refractivity contribution is 7.92. The van der Waals surface area contributed by atoms with Crippen LogP contribution in [0.3, 0.4) is 0 Å². The smallest absolute Gasteiger partial charge is 0.364 e. The number of alkyl halides is 3. The SMILES string of the molecule is CN(c1nccnc1CNc1nc(Nc2ccc(C(=O)NCCCCCNC(=O)CC3CCCC3)cc2)ncc1C(F)(F)F)S(C)(=O)=O. The molecule has 0 radical (unpaired) electrons. The quantitative estimate of drug-likeness (QED) is 0.155. The Morgan fingerprint density at radius 2 is 1.62 bits per heavy atom. The minimum Gasteiger partial charge on any atom is -0.364 e. The molecule has 2 heterocycles. The summed E-state index contributed by atoms with van der Waals surface area (Å²) in [7, 11) is -2.45. The number of sulfonamides is 1. The van der Waals surface area contributed by atoms with Gasteiger partial charge in [-0.1, -0.05) is 12.8 Å². The normalized spacial score (nSPS) is 13.6. The summed E-state index contributed by atoms with van der Waals surface area (Å²) in [5.41, 5.74) is -0.225. The van der Waals surface area contributed by atoms with Crippen molar-refractivity contribution < 1.29 is 31.2 Å². The lowest BCUT2D eigenvalue weighted by Gasteiger charge is -2.19. The van der Waals surface area contributed by atoms with Crippen LogP contribution in [0.2, 0.25) is 0 Å². The first-order valence-electron chi connectivity index (χ1n) is 15.6. The largest absolute Gasteiger partial charge is 0.421 e. The molecule has 2 amide bonds. The summed E-state index contributed by atoms with van der Waals surface area (Å²) in [4.78, 5) is 40.4. The van der Waals surface area contributed by atoms with Gasteiger partial charge in [0.15, 0.2) is 5.82 Å². The Morgan fingerprint density at radius 1 is 0.958 bits per heavy atom. The van der Waals surface area contributed by atoms with Crippen molar-refractivity contribution in [3.05, 3.63) is 59.7 Å². The molecule has 48 heavy (non-hydrogen) atoms. The number of hydrogen-bond donors (Lipinski definition) is 4. The number of halogens is 3. The standard InChI is InChI=1S/C31H40F3N9O4S/c1-43(48(2,46)47)28-25(35-16-17-37-28)20-39-27-24(31(32,33)34)19-40-30(42-27)41-23-12-10-22(11-13-23)29(45)38-15-7-3-6-14-36-26(44)18-21-8-4-5-9-21/h10-13,16-17,19,21H,3-9,14-15,18,20H2,1-2H3,(H,36,44)(H,38,45)(H2,39,40,41,42). The minimum atomic E-state index is -4.78. The van der Waals surface area contributed by atoms with Crippen LogP contribution in [0.1, 0.15) is 73.0 Å². The molecule has 3 aromatic rings. The Labute approximate surface area is 277 Å². The fourth-order valence-electron chi connectivity index (χ4n) is 5.20. The third kappa shape index (κ3) is 10.7. The van der Waals surface area contributed by atoms with Gasteiger partial charge in [-0.3, -0.25) is 18.9 Å². The maximum Gasteiger partial charge on any atom is 0.421 e. The summed E-state index contributed by atoms with van der Waals surface area (Å²) >= 11 is 0. The van der Waals surface area contributed by atoms with Crippen LogP contribution in [0.25, 0.3) is 0 Å².